The van der Waals surface area contributed by atoms with Crippen LogP contribution in [0.4, 0.5) is 13.2 Å². The van der Waals surface area contributed by atoms with Crippen LogP contribution in [-0.4, -0.2) is 17.3 Å². The van der Waals surface area contributed by atoms with E-state index in [0.29, 0.717) is 0 Å². The van der Waals surface area contributed by atoms with Gasteiger partial charge in [-0.3, -0.25) is 9.78 Å². The van der Waals surface area contributed by atoms with E-state index in [4.69, 9.17) is 0 Å². The number of aromatic nitrogens is 1. The highest BCUT2D eigenvalue weighted by Crippen LogP contribution is 2.26. The number of aryl methyl sites for hydroxylation is 2. The number of ether oxygens (including phenoxy) is 1. The van der Waals surface area contributed by atoms with E-state index in [1.165, 1.54) is 18.2 Å². The number of carbonyl (C=O) groups is 1. The fourth-order valence-electron chi connectivity index (χ4n) is 3.12. The Morgan fingerprint density at radius 3 is 2.50 bits per heavy atom. The Labute approximate surface area is 160 Å². The van der Waals surface area contributed by atoms with Crippen molar-refractivity contribution < 1.29 is 22.7 Å². The van der Waals surface area contributed by atoms with Crippen LogP contribution in [0.15, 0.2) is 48.5 Å². The number of carbonyl (C=O) groups excluding carboxylic acids is 1. The predicted molar refractivity (Wildman–Crippen MR) is 99.9 cm³/mol. The number of rotatable bonds is 5. The van der Waals surface area contributed by atoms with Crippen molar-refractivity contribution in [2.75, 3.05) is 0 Å². The lowest BCUT2D eigenvalue weighted by Gasteiger charge is -2.15. The number of benzene rings is 2. The van der Waals surface area contributed by atoms with Crippen molar-refractivity contribution in [2.45, 2.75) is 33.2 Å². The summed E-state index contributed by atoms with van der Waals surface area (Å²) in [5, 5.41) is 3.63. The van der Waals surface area contributed by atoms with E-state index in [0.717, 1.165) is 27.7 Å². The molecule has 3 rings (SSSR count). The molecule has 0 unspecified atom stereocenters. The molecular weight excluding hydrogens is 369 g/mol. The van der Waals surface area contributed by atoms with E-state index >= 15 is 0 Å². The van der Waals surface area contributed by atoms with Crippen LogP contribution in [0.3, 0.4) is 0 Å². The second kappa shape index (κ2) is 7.88. The summed E-state index contributed by atoms with van der Waals surface area (Å²) in [6.07, 6.45) is -4.69. The van der Waals surface area contributed by atoms with Gasteiger partial charge in [-0.05, 0) is 37.1 Å². The Morgan fingerprint density at radius 2 is 1.75 bits per heavy atom. The zero-order valence-corrected chi connectivity index (χ0v) is 15.4. The van der Waals surface area contributed by atoms with Gasteiger partial charge in [0.05, 0.1) is 11.9 Å². The molecule has 1 N–H and O–H groups in total. The number of hydrogen-bond acceptors (Lipinski definition) is 3. The van der Waals surface area contributed by atoms with Gasteiger partial charge in [0.2, 0.25) is 5.91 Å². The first-order valence-electron chi connectivity index (χ1n) is 8.70. The Morgan fingerprint density at radius 1 is 1.07 bits per heavy atom. The van der Waals surface area contributed by atoms with Crippen molar-refractivity contribution in [1.82, 2.24) is 10.3 Å². The van der Waals surface area contributed by atoms with Crippen molar-refractivity contribution >= 4 is 16.8 Å². The van der Waals surface area contributed by atoms with Gasteiger partial charge in [0.15, 0.2) is 0 Å². The Balaban J connectivity index is 1.73. The van der Waals surface area contributed by atoms with Gasteiger partial charge in [-0.2, -0.15) is 0 Å². The zero-order chi connectivity index (χ0) is 20.3. The molecule has 0 fully saturated rings. The molecule has 0 saturated heterocycles. The number of pyridine rings is 1. The summed E-state index contributed by atoms with van der Waals surface area (Å²) in [7, 11) is 0. The molecule has 0 aliphatic rings. The first-order valence-corrected chi connectivity index (χ1v) is 8.70. The number of halogens is 3. The quantitative estimate of drug-likeness (QED) is 0.695. The first-order chi connectivity index (χ1) is 13.2. The van der Waals surface area contributed by atoms with E-state index in [1.807, 2.05) is 38.1 Å². The van der Waals surface area contributed by atoms with Crippen LogP contribution in [0.25, 0.3) is 10.9 Å². The fourth-order valence-corrected chi connectivity index (χ4v) is 3.12. The summed E-state index contributed by atoms with van der Waals surface area (Å²) in [5.41, 5.74) is 3.65. The molecule has 1 aromatic heterocycles. The number of hydrogen-bond donors (Lipinski definition) is 1. The Bertz CT molecular complexity index is 1020. The lowest BCUT2D eigenvalue weighted by Crippen LogP contribution is -2.26. The third-order valence-electron chi connectivity index (χ3n) is 4.50. The monoisotopic (exact) mass is 388 g/mol. The van der Waals surface area contributed by atoms with Gasteiger partial charge in [0, 0.05) is 23.2 Å². The minimum absolute atomic E-state index is 0.0653. The predicted octanol–water partition coefficient (Wildman–Crippen LogP) is 4.61. The molecule has 0 bridgehead atoms. The van der Waals surface area contributed by atoms with Crippen LogP contribution >= 0.6 is 0 Å². The molecule has 4 nitrogen and oxygen atoms in total. The number of para-hydroxylation sites is 2. The van der Waals surface area contributed by atoms with E-state index < -0.39 is 6.36 Å². The number of amides is 1. The van der Waals surface area contributed by atoms with Crippen molar-refractivity contribution in [3.63, 3.8) is 0 Å². The van der Waals surface area contributed by atoms with Gasteiger partial charge in [0.25, 0.3) is 0 Å². The molecule has 0 aliphatic carbocycles. The summed E-state index contributed by atoms with van der Waals surface area (Å²) in [6.45, 7) is 3.71. The highest BCUT2D eigenvalue weighted by Gasteiger charge is 2.32. The third-order valence-corrected chi connectivity index (χ3v) is 4.50. The Hall–Kier alpha value is -3.09. The molecule has 0 aliphatic heterocycles. The summed E-state index contributed by atoms with van der Waals surface area (Å²) in [5.74, 6) is -0.625. The molecule has 1 heterocycles. The number of nitrogens with one attached hydrogen (secondary N) is 1. The highest BCUT2D eigenvalue weighted by molar-refractivity contribution is 5.86. The molecule has 1 amide bonds. The second-order valence-electron chi connectivity index (χ2n) is 6.43. The lowest BCUT2D eigenvalue weighted by molar-refractivity contribution is -0.274. The lowest BCUT2D eigenvalue weighted by atomic mass is 9.99. The second-order valence-corrected chi connectivity index (χ2v) is 6.43. The smallest absolute Gasteiger partial charge is 0.405 e. The molecule has 2 aromatic carbocycles. The van der Waals surface area contributed by atoms with Crippen molar-refractivity contribution in [3.05, 3.63) is 70.9 Å². The maximum absolute atomic E-state index is 12.5. The number of alkyl halides is 3. The van der Waals surface area contributed by atoms with Gasteiger partial charge in [0.1, 0.15) is 5.75 Å². The van der Waals surface area contributed by atoms with Gasteiger partial charge < -0.3 is 10.1 Å². The molecule has 0 saturated carbocycles. The standard InChI is InChI=1S/C21H19F3N2O2/c1-13-16-8-4-5-9-18(16)26-14(2)17(13)11-20(27)25-12-15-7-3-6-10-19(15)28-21(22,23)24/h3-10H,11-12H2,1-2H3,(H,25,27). The number of fused-ring (bicyclic) bond motifs is 1. The van der Waals surface area contributed by atoms with Crippen LogP contribution in [0.2, 0.25) is 0 Å². The van der Waals surface area contributed by atoms with E-state index in [1.54, 1.807) is 6.07 Å². The van der Waals surface area contributed by atoms with Crippen molar-refractivity contribution in [2.24, 2.45) is 0 Å². The minimum atomic E-state index is -4.79. The average Bonchev–Trinajstić information content (AvgIpc) is 2.63. The molecule has 0 atom stereocenters. The summed E-state index contributed by atoms with van der Waals surface area (Å²) in [4.78, 5) is 17.0. The summed E-state index contributed by atoms with van der Waals surface area (Å²) < 4.78 is 41.5. The third kappa shape index (κ3) is 4.60. The minimum Gasteiger partial charge on any atom is -0.405 e. The van der Waals surface area contributed by atoms with Gasteiger partial charge in [-0.15, -0.1) is 13.2 Å². The zero-order valence-electron chi connectivity index (χ0n) is 15.4. The van der Waals surface area contributed by atoms with E-state index in [9.17, 15) is 18.0 Å². The van der Waals surface area contributed by atoms with Crippen LogP contribution in [0.1, 0.15) is 22.4 Å². The summed E-state index contributed by atoms with van der Waals surface area (Å²) in [6, 6.07) is 13.4. The summed E-state index contributed by atoms with van der Waals surface area (Å²) >= 11 is 0. The molecule has 28 heavy (non-hydrogen) atoms. The largest absolute Gasteiger partial charge is 0.573 e. The fraction of sp³-hybridized carbons (Fsp3) is 0.238. The van der Waals surface area contributed by atoms with Gasteiger partial charge >= 0.3 is 6.36 Å². The molecule has 146 valence electrons. The van der Waals surface area contributed by atoms with Crippen molar-refractivity contribution in [3.8, 4) is 5.75 Å². The van der Waals surface area contributed by atoms with E-state index in [2.05, 4.69) is 15.0 Å². The maximum Gasteiger partial charge on any atom is 0.573 e. The first kappa shape index (κ1) is 19.7. The topological polar surface area (TPSA) is 51.2 Å². The molecule has 3 aromatic rings. The molecule has 0 radical (unpaired) electrons. The number of nitrogens with zero attached hydrogens (tertiary/aromatic N) is 1. The molecule has 7 heteroatoms. The SMILES string of the molecule is Cc1nc2ccccc2c(C)c1CC(=O)NCc1ccccc1OC(F)(F)F. The van der Waals surface area contributed by atoms with E-state index in [-0.39, 0.29) is 30.2 Å². The van der Waals surface area contributed by atoms with Crippen LogP contribution in [0.5, 0.6) is 5.75 Å². The van der Waals surface area contributed by atoms with Crippen LogP contribution < -0.4 is 10.1 Å². The van der Waals surface area contributed by atoms with Crippen molar-refractivity contribution in [1.29, 1.82) is 0 Å². The van der Waals surface area contributed by atoms with Crippen LogP contribution in [0, 0.1) is 13.8 Å². The average molecular weight is 388 g/mol. The van der Waals surface area contributed by atoms with Crippen LogP contribution in [-0.2, 0) is 17.8 Å². The highest BCUT2D eigenvalue weighted by atomic mass is 19.4. The normalized spacial score (nSPS) is 11.5. The Kier molecular flexibility index (Phi) is 5.53. The molecular formula is C21H19F3N2O2. The van der Waals surface area contributed by atoms with Gasteiger partial charge in [-0.25, -0.2) is 0 Å². The van der Waals surface area contributed by atoms with Gasteiger partial charge in [-0.1, -0.05) is 36.4 Å². The maximum atomic E-state index is 12.5. The molecule has 0 spiro atoms.